The first-order valence-electron chi connectivity index (χ1n) is 10.2. The number of amides is 2. The molecule has 0 aromatic heterocycles. The number of carbonyl (C=O) groups excluding carboxylic acids is 2. The molecule has 4 nitrogen and oxygen atoms in total. The Bertz CT molecular complexity index is 1030. The molecule has 0 spiro atoms. The van der Waals surface area contributed by atoms with E-state index in [2.05, 4.69) is 58.6 Å². The van der Waals surface area contributed by atoms with Gasteiger partial charge in [0.2, 0.25) is 11.8 Å². The maximum Gasteiger partial charge on any atom is 0.230 e. The van der Waals surface area contributed by atoms with Gasteiger partial charge in [0.25, 0.3) is 0 Å². The van der Waals surface area contributed by atoms with E-state index in [0.29, 0.717) is 5.92 Å². The van der Waals surface area contributed by atoms with Crippen molar-refractivity contribution in [3.8, 4) is 0 Å². The third-order valence-corrected chi connectivity index (χ3v) is 6.14. The summed E-state index contributed by atoms with van der Waals surface area (Å²) >= 11 is 0. The molecule has 4 N–H and O–H groups in total. The van der Waals surface area contributed by atoms with Crippen LogP contribution in [0.2, 0.25) is 0 Å². The van der Waals surface area contributed by atoms with Gasteiger partial charge < -0.3 is 11.5 Å². The molecule has 0 aliphatic heterocycles. The van der Waals surface area contributed by atoms with E-state index in [1.807, 2.05) is 24.3 Å². The Hall–Kier alpha value is -3.14. The number of fused-ring (bicyclic) bond motifs is 1. The van der Waals surface area contributed by atoms with Gasteiger partial charge >= 0.3 is 0 Å². The van der Waals surface area contributed by atoms with Crippen LogP contribution >= 0.6 is 0 Å². The molecule has 0 bridgehead atoms. The number of rotatable bonds is 6. The van der Waals surface area contributed by atoms with Crippen LogP contribution in [0.15, 0.2) is 55.1 Å². The molecule has 1 atom stereocenters. The normalized spacial score (nSPS) is 16.9. The molecule has 3 rings (SSSR count). The Morgan fingerprint density at radius 1 is 1.10 bits per heavy atom. The standard InChI is InChI=1S/C26H30N2O2/c1-15-10-11-26(4,5)23-14-20(16(2)12-21(15)23)17(3)19-8-6-18(7-9-19)13-22(24(27)29)25(28)30/h6-12,14-15,22H,3,13H2,1-2,4-5H3,(H2,27,29)(H2,28,30). The number of hydrogen-bond donors (Lipinski definition) is 2. The molecule has 4 heteroatoms. The molecule has 2 amide bonds. The Morgan fingerprint density at radius 3 is 2.27 bits per heavy atom. The number of aryl methyl sites for hydroxylation is 1. The maximum absolute atomic E-state index is 11.4. The van der Waals surface area contributed by atoms with E-state index in [1.165, 1.54) is 16.7 Å². The highest BCUT2D eigenvalue weighted by molar-refractivity contribution is 5.99. The van der Waals surface area contributed by atoms with Gasteiger partial charge in [-0.05, 0) is 64.3 Å². The fourth-order valence-electron chi connectivity index (χ4n) is 4.14. The molecule has 2 aromatic carbocycles. The number of hydrogen-bond acceptors (Lipinski definition) is 2. The summed E-state index contributed by atoms with van der Waals surface area (Å²) in [7, 11) is 0. The average Bonchev–Trinajstić information content (AvgIpc) is 2.68. The largest absolute Gasteiger partial charge is 0.369 e. The van der Waals surface area contributed by atoms with E-state index in [9.17, 15) is 9.59 Å². The lowest BCUT2D eigenvalue weighted by molar-refractivity contribution is -0.131. The zero-order valence-electron chi connectivity index (χ0n) is 18.2. The van der Waals surface area contributed by atoms with Gasteiger partial charge in [-0.25, -0.2) is 0 Å². The molecule has 0 saturated heterocycles. The highest BCUT2D eigenvalue weighted by Gasteiger charge is 2.28. The van der Waals surface area contributed by atoms with Gasteiger partial charge in [0.1, 0.15) is 5.92 Å². The highest BCUT2D eigenvalue weighted by atomic mass is 16.2. The maximum atomic E-state index is 11.4. The summed E-state index contributed by atoms with van der Waals surface area (Å²) in [6.07, 6.45) is 4.76. The van der Waals surface area contributed by atoms with Crippen LogP contribution in [0.1, 0.15) is 60.1 Å². The molecule has 0 radical (unpaired) electrons. The minimum Gasteiger partial charge on any atom is -0.369 e. The van der Waals surface area contributed by atoms with Crippen LogP contribution in [-0.4, -0.2) is 11.8 Å². The predicted molar refractivity (Wildman–Crippen MR) is 122 cm³/mol. The van der Waals surface area contributed by atoms with Gasteiger partial charge in [-0.2, -0.15) is 0 Å². The molecule has 0 saturated carbocycles. The van der Waals surface area contributed by atoms with Crippen molar-refractivity contribution < 1.29 is 9.59 Å². The summed E-state index contributed by atoms with van der Waals surface area (Å²) in [5, 5.41) is 0. The van der Waals surface area contributed by atoms with Gasteiger partial charge in [-0.3, -0.25) is 9.59 Å². The van der Waals surface area contributed by atoms with Crippen molar-refractivity contribution in [3.05, 3.63) is 88.5 Å². The van der Waals surface area contributed by atoms with Gasteiger partial charge in [0.15, 0.2) is 0 Å². The average molecular weight is 403 g/mol. The minimum absolute atomic E-state index is 0.0209. The number of allylic oxidation sites excluding steroid dienone is 2. The molecule has 0 heterocycles. The lowest BCUT2D eigenvalue weighted by atomic mass is 9.72. The quantitative estimate of drug-likeness (QED) is 0.562. The van der Waals surface area contributed by atoms with Crippen molar-refractivity contribution in [2.24, 2.45) is 17.4 Å². The summed E-state index contributed by atoms with van der Waals surface area (Å²) in [4.78, 5) is 22.9. The minimum atomic E-state index is -1.00. The van der Waals surface area contributed by atoms with Crippen LogP contribution in [0.4, 0.5) is 0 Å². The van der Waals surface area contributed by atoms with Gasteiger partial charge in [-0.1, -0.05) is 69.8 Å². The van der Waals surface area contributed by atoms with E-state index < -0.39 is 17.7 Å². The van der Waals surface area contributed by atoms with Crippen LogP contribution in [-0.2, 0) is 21.4 Å². The SMILES string of the molecule is C=C(c1ccc(CC(C(N)=O)C(N)=O)cc1)c1cc2c(cc1C)C(C)C=CC2(C)C. The molecule has 1 unspecified atom stereocenters. The van der Waals surface area contributed by atoms with Crippen molar-refractivity contribution in [2.75, 3.05) is 0 Å². The first kappa shape index (κ1) is 21.6. The third kappa shape index (κ3) is 4.09. The Labute approximate surface area is 178 Å². The van der Waals surface area contributed by atoms with Gasteiger partial charge in [0, 0.05) is 5.41 Å². The second-order valence-corrected chi connectivity index (χ2v) is 8.86. The Balaban J connectivity index is 1.91. The highest BCUT2D eigenvalue weighted by Crippen LogP contribution is 2.40. The summed E-state index contributed by atoms with van der Waals surface area (Å²) < 4.78 is 0. The molecular formula is C26H30N2O2. The van der Waals surface area contributed by atoms with Crippen LogP contribution in [0.25, 0.3) is 5.57 Å². The van der Waals surface area contributed by atoms with Crippen molar-refractivity contribution in [1.29, 1.82) is 0 Å². The van der Waals surface area contributed by atoms with Crippen molar-refractivity contribution in [1.82, 2.24) is 0 Å². The van der Waals surface area contributed by atoms with Crippen molar-refractivity contribution in [3.63, 3.8) is 0 Å². The number of nitrogens with two attached hydrogens (primary N) is 2. The lowest BCUT2D eigenvalue weighted by Gasteiger charge is -2.32. The first-order chi connectivity index (χ1) is 14.0. The molecule has 2 aromatic rings. The molecule has 1 aliphatic rings. The Morgan fingerprint density at radius 2 is 1.70 bits per heavy atom. The summed E-state index contributed by atoms with van der Waals surface area (Å²) in [5.74, 6) is -2.01. The monoisotopic (exact) mass is 402 g/mol. The molecule has 0 fully saturated rings. The van der Waals surface area contributed by atoms with E-state index in [4.69, 9.17) is 11.5 Å². The van der Waals surface area contributed by atoms with E-state index in [0.717, 1.165) is 22.3 Å². The molecule has 1 aliphatic carbocycles. The van der Waals surface area contributed by atoms with Crippen molar-refractivity contribution >= 4 is 17.4 Å². The van der Waals surface area contributed by atoms with E-state index in [-0.39, 0.29) is 11.8 Å². The first-order valence-corrected chi connectivity index (χ1v) is 10.2. The summed E-state index contributed by atoms with van der Waals surface area (Å²) in [6, 6.07) is 12.3. The number of benzene rings is 2. The lowest BCUT2D eigenvalue weighted by Crippen LogP contribution is -2.36. The zero-order chi connectivity index (χ0) is 22.2. The van der Waals surface area contributed by atoms with E-state index >= 15 is 0 Å². The van der Waals surface area contributed by atoms with Crippen LogP contribution in [0.5, 0.6) is 0 Å². The summed E-state index contributed by atoms with van der Waals surface area (Å²) in [5.41, 5.74) is 18.4. The third-order valence-electron chi connectivity index (χ3n) is 6.14. The zero-order valence-corrected chi connectivity index (χ0v) is 18.2. The van der Waals surface area contributed by atoms with E-state index in [1.54, 1.807) is 0 Å². The number of carbonyl (C=O) groups is 2. The van der Waals surface area contributed by atoms with Crippen LogP contribution in [0, 0.1) is 12.8 Å². The Kier molecular flexibility index (Phi) is 5.71. The van der Waals surface area contributed by atoms with Gasteiger partial charge in [0.05, 0.1) is 0 Å². The summed E-state index contributed by atoms with van der Waals surface area (Å²) in [6.45, 7) is 13.2. The number of primary amides is 2. The second kappa shape index (κ2) is 7.94. The fourth-order valence-corrected chi connectivity index (χ4v) is 4.14. The van der Waals surface area contributed by atoms with Crippen LogP contribution in [0.3, 0.4) is 0 Å². The van der Waals surface area contributed by atoms with Gasteiger partial charge in [-0.15, -0.1) is 0 Å². The predicted octanol–water partition coefficient (Wildman–Crippen LogP) is 4.14. The molecule has 156 valence electrons. The van der Waals surface area contributed by atoms with Crippen molar-refractivity contribution in [2.45, 2.75) is 45.4 Å². The second-order valence-electron chi connectivity index (χ2n) is 8.86. The molecular weight excluding hydrogens is 372 g/mol. The topological polar surface area (TPSA) is 86.2 Å². The smallest absolute Gasteiger partial charge is 0.230 e. The molecule has 30 heavy (non-hydrogen) atoms. The van der Waals surface area contributed by atoms with Crippen LogP contribution < -0.4 is 11.5 Å². The fraction of sp³-hybridized carbons (Fsp3) is 0.308.